The van der Waals surface area contributed by atoms with Crippen LogP contribution in [-0.4, -0.2) is 24.2 Å². The molecule has 0 aromatic heterocycles. The van der Waals surface area contributed by atoms with Gasteiger partial charge in [0.2, 0.25) is 0 Å². The molecule has 0 aliphatic carbocycles. The first kappa shape index (κ1) is 12.5. The zero-order valence-electron chi connectivity index (χ0n) is 9.52. The van der Waals surface area contributed by atoms with Gasteiger partial charge in [-0.2, -0.15) is 0 Å². The molecule has 1 aromatic carbocycles. The third-order valence-electron chi connectivity index (χ3n) is 2.69. The van der Waals surface area contributed by atoms with E-state index in [1.165, 1.54) is 19.0 Å². The predicted molar refractivity (Wildman–Crippen MR) is 64.8 cm³/mol. The van der Waals surface area contributed by atoms with Crippen molar-refractivity contribution in [3.63, 3.8) is 0 Å². The van der Waals surface area contributed by atoms with E-state index in [0.29, 0.717) is 6.61 Å². The van der Waals surface area contributed by atoms with Crippen molar-refractivity contribution in [2.24, 2.45) is 0 Å². The minimum absolute atomic E-state index is 0.303. The van der Waals surface area contributed by atoms with Crippen LogP contribution in [0.2, 0.25) is 0 Å². The summed E-state index contributed by atoms with van der Waals surface area (Å²) in [7, 11) is -1.64. The van der Waals surface area contributed by atoms with Crippen LogP contribution in [0.15, 0.2) is 42.2 Å². The van der Waals surface area contributed by atoms with E-state index in [0.717, 1.165) is 5.56 Å². The van der Waals surface area contributed by atoms with Crippen LogP contribution in [-0.2, 0) is 20.4 Å². The van der Waals surface area contributed by atoms with E-state index in [2.05, 4.69) is 0 Å². The minimum atomic E-state index is -3.01. The van der Waals surface area contributed by atoms with E-state index in [1.54, 1.807) is 0 Å². The van der Waals surface area contributed by atoms with E-state index in [-0.39, 0.29) is 0 Å². The molecular formula is C12H15O4P. The number of rotatable bonds is 4. The Morgan fingerprint density at radius 3 is 2.71 bits per heavy atom. The lowest BCUT2D eigenvalue weighted by molar-refractivity contribution is 0.0176. The number of aliphatic hydroxyl groups is 1. The average Bonchev–Trinajstić information content (AvgIpc) is 2.65. The standard InChI is InChI=1S/C12H15O4P/c1-15-17(14)8-7-11(13)12(17)16-9-10-5-3-2-4-6-10/h2-8,11-13H,9H2,1H3/t11-,12-,17?/m0/s1. The van der Waals surface area contributed by atoms with E-state index >= 15 is 0 Å². The zero-order valence-corrected chi connectivity index (χ0v) is 10.4. The largest absolute Gasteiger partial charge is 0.386 e. The lowest BCUT2D eigenvalue weighted by Gasteiger charge is -2.21. The molecule has 92 valence electrons. The second-order valence-corrected chi connectivity index (χ2v) is 6.31. The van der Waals surface area contributed by atoms with Crippen molar-refractivity contribution in [1.82, 2.24) is 0 Å². The first-order valence-electron chi connectivity index (χ1n) is 5.34. The molecule has 1 aromatic rings. The number of benzene rings is 1. The molecule has 1 heterocycles. The predicted octanol–water partition coefficient (Wildman–Crippen LogP) is 2.34. The van der Waals surface area contributed by atoms with Gasteiger partial charge in [-0.15, -0.1) is 0 Å². The van der Waals surface area contributed by atoms with Gasteiger partial charge in [-0.1, -0.05) is 30.3 Å². The Hall–Kier alpha value is -0.930. The van der Waals surface area contributed by atoms with Crippen molar-refractivity contribution in [3.05, 3.63) is 47.8 Å². The first-order chi connectivity index (χ1) is 8.15. The van der Waals surface area contributed by atoms with Crippen LogP contribution in [0, 0.1) is 0 Å². The summed E-state index contributed by atoms with van der Waals surface area (Å²) in [5, 5.41) is 9.67. The van der Waals surface area contributed by atoms with Gasteiger partial charge in [0.25, 0.3) is 7.37 Å². The van der Waals surface area contributed by atoms with Gasteiger partial charge >= 0.3 is 0 Å². The maximum atomic E-state index is 12.2. The van der Waals surface area contributed by atoms with Gasteiger partial charge in [-0.25, -0.2) is 0 Å². The van der Waals surface area contributed by atoms with Gasteiger partial charge in [0.05, 0.1) is 6.61 Å². The molecule has 0 saturated carbocycles. The highest BCUT2D eigenvalue weighted by Crippen LogP contribution is 2.58. The number of aliphatic hydroxyl groups excluding tert-OH is 1. The van der Waals surface area contributed by atoms with Gasteiger partial charge in [0.15, 0.2) is 5.85 Å². The molecule has 1 aliphatic heterocycles. The summed E-state index contributed by atoms with van der Waals surface area (Å²) in [6.45, 7) is 0.303. The van der Waals surface area contributed by atoms with Gasteiger partial charge in [0, 0.05) is 12.9 Å². The Balaban J connectivity index is 2.02. The highest BCUT2D eigenvalue weighted by atomic mass is 31.2. The molecule has 1 unspecified atom stereocenters. The third kappa shape index (κ3) is 2.67. The maximum absolute atomic E-state index is 12.2. The van der Waals surface area contributed by atoms with Crippen molar-refractivity contribution in [2.75, 3.05) is 7.11 Å². The third-order valence-corrected chi connectivity index (χ3v) is 5.01. The normalized spacial score (nSPS) is 31.9. The van der Waals surface area contributed by atoms with Crippen molar-refractivity contribution in [3.8, 4) is 0 Å². The van der Waals surface area contributed by atoms with Crippen LogP contribution in [0.3, 0.4) is 0 Å². The van der Waals surface area contributed by atoms with E-state index in [9.17, 15) is 9.67 Å². The summed E-state index contributed by atoms with van der Waals surface area (Å²) < 4.78 is 22.6. The molecular weight excluding hydrogens is 239 g/mol. The summed E-state index contributed by atoms with van der Waals surface area (Å²) in [6.07, 6.45) is 0.587. The topological polar surface area (TPSA) is 55.8 Å². The zero-order chi connectivity index (χ0) is 12.3. The summed E-state index contributed by atoms with van der Waals surface area (Å²) in [4.78, 5) is 0. The van der Waals surface area contributed by atoms with Gasteiger partial charge in [-0.3, -0.25) is 4.57 Å². The van der Waals surface area contributed by atoms with Crippen LogP contribution in [0.25, 0.3) is 0 Å². The molecule has 0 amide bonds. The van der Waals surface area contributed by atoms with Crippen molar-refractivity contribution >= 4 is 7.37 Å². The first-order valence-corrected chi connectivity index (χ1v) is 7.10. The monoisotopic (exact) mass is 254 g/mol. The molecule has 5 heteroatoms. The van der Waals surface area contributed by atoms with Gasteiger partial charge < -0.3 is 14.4 Å². The highest BCUT2D eigenvalue weighted by molar-refractivity contribution is 7.63. The summed E-state index contributed by atoms with van der Waals surface area (Å²) in [5.41, 5.74) is 0.967. The Kier molecular flexibility index (Phi) is 3.79. The molecule has 1 aliphatic rings. The summed E-state index contributed by atoms with van der Waals surface area (Å²) in [6, 6.07) is 9.53. The van der Waals surface area contributed by atoms with Crippen molar-refractivity contribution in [2.45, 2.75) is 18.6 Å². The molecule has 0 fully saturated rings. The number of ether oxygens (including phenoxy) is 1. The molecule has 1 N–H and O–H groups in total. The second-order valence-electron chi connectivity index (χ2n) is 3.85. The van der Waals surface area contributed by atoms with Crippen molar-refractivity contribution < 1.29 is 18.9 Å². The molecule has 0 bridgehead atoms. The average molecular weight is 254 g/mol. The van der Waals surface area contributed by atoms with Crippen LogP contribution >= 0.6 is 7.37 Å². The Bertz CT molecular complexity index is 443. The Morgan fingerprint density at radius 1 is 1.35 bits per heavy atom. The van der Waals surface area contributed by atoms with Crippen LogP contribution in [0.1, 0.15) is 5.56 Å². The number of hydrogen-bond acceptors (Lipinski definition) is 4. The van der Waals surface area contributed by atoms with Crippen molar-refractivity contribution in [1.29, 1.82) is 0 Å². The van der Waals surface area contributed by atoms with E-state index in [4.69, 9.17) is 9.26 Å². The highest BCUT2D eigenvalue weighted by Gasteiger charge is 2.41. The lowest BCUT2D eigenvalue weighted by Crippen LogP contribution is -2.23. The van der Waals surface area contributed by atoms with Gasteiger partial charge in [0.1, 0.15) is 6.10 Å². The number of hydrogen-bond donors (Lipinski definition) is 1. The molecule has 17 heavy (non-hydrogen) atoms. The fraction of sp³-hybridized carbons (Fsp3) is 0.333. The second kappa shape index (κ2) is 5.15. The molecule has 0 radical (unpaired) electrons. The summed E-state index contributed by atoms with van der Waals surface area (Å²) in [5.74, 6) is 0.612. The quantitative estimate of drug-likeness (QED) is 0.838. The fourth-order valence-electron chi connectivity index (χ4n) is 1.72. The SMILES string of the molecule is COP1(=O)C=C[C@H](O)[C@H]1OCc1ccccc1. The van der Waals surface area contributed by atoms with Crippen LogP contribution in [0.4, 0.5) is 0 Å². The van der Waals surface area contributed by atoms with E-state index < -0.39 is 19.3 Å². The Morgan fingerprint density at radius 2 is 2.06 bits per heavy atom. The molecule has 3 atom stereocenters. The van der Waals surface area contributed by atoms with Crippen LogP contribution < -0.4 is 0 Å². The molecule has 4 nitrogen and oxygen atoms in total. The fourth-order valence-corrected chi connectivity index (χ4v) is 3.45. The van der Waals surface area contributed by atoms with Gasteiger partial charge in [-0.05, 0) is 11.6 Å². The molecule has 0 saturated heterocycles. The minimum Gasteiger partial charge on any atom is -0.386 e. The molecule has 0 spiro atoms. The lowest BCUT2D eigenvalue weighted by atomic mass is 10.2. The smallest absolute Gasteiger partial charge is 0.255 e. The molecule has 2 rings (SSSR count). The maximum Gasteiger partial charge on any atom is 0.255 e. The summed E-state index contributed by atoms with van der Waals surface area (Å²) >= 11 is 0. The van der Waals surface area contributed by atoms with Crippen LogP contribution in [0.5, 0.6) is 0 Å². The Labute approximate surface area is 100 Å². The van der Waals surface area contributed by atoms with E-state index in [1.807, 2.05) is 30.3 Å².